The summed E-state index contributed by atoms with van der Waals surface area (Å²) in [5.41, 5.74) is 0.330. The normalized spacial score (nSPS) is 10.2. The third kappa shape index (κ3) is 4.45. The molecule has 0 spiro atoms. The Morgan fingerprint density at radius 2 is 1.71 bits per heavy atom. The zero-order chi connectivity index (χ0) is 12.5. The molecule has 0 aromatic carbocycles. The Balaban J connectivity index is 2.64. The molecule has 0 aliphatic heterocycles. The van der Waals surface area contributed by atoms with Crippen LogP contribution in [0.5, 0.6) is 0 Å². The maximum Gasteiger partial charge on any atom is 0.304 e. The Hall–Kier alpha value is -1.54. The Morgan fingerprint density at radius 3 is 2.18 bits per heavy atom. The first-order valence-corrected chi connectivity index (χ1v) is 5.01. The molecule has 7 nitrogen and oxygen atoms in total. The molecule has 1 amide bonds. The fourth-order valence-electron chi connectivity index (χ4n) is 1.00. The SMILES string of the molecule is O=C(c1ccncc1)N(OCCO)OCCO. The van der Waals surface area contributed by atoms with E-state index in [0.29, 0.717) is 10.8 Å². The Kier molecular flexibility index (Phi) is 6.12. The highest BCUT2D eigenvalue weighted by molar-refractivity contribution is 5.92. The fraction of sp³-hybridized carbons (Fsp3) is 0.400. The van der Waals surface area contributed by atoms with E-state index in [2.05, 4.69) is 4.98 Å². The van der Waals surface area contributed by atoms with Crippen molar-refractivity contribution >= 4 is 5.91 Å². The molecule has 0 atom stereocenters. The van der Waals surface area contributed by atoms with Crippen molar-refractivity contribution in [2.45, 2.75) is 0 Å². The molecular formula is C10H14N2O5. The number of pyridine rings is 1. The van der Waals surface area contributed by atoms with Gasteiger partial charge in [-0.2, -0.15) is 0 Å². The summed E-state index contributed by atoms with van der Waals surface area (Å²) in [5.74, 6) is -0.533. The van der Waals surface area contributed by atoms with Gasteiger partial charge in [0.15, 0.2) is 0 Å². The summed E-state index contributed by atoms with van der Waals surface area (Å²) in [4.78, 5) is 25.4. The molecule has 0 aliphatic carbocycles. The van der Waals surface area contributed by atoms with Crippen LogP contribution in [0.2, 0.25) is 0 Å². The van der Waals surface area contributed by atoms with Crippen LogP contribution >= 0.6 is 0 Å². The summed E-state index contributed by atoms with van der Waals surface area (Å²) in [6.45, 7) is -0.657. The number of aliphatic hydroxyl groups is 2. The van der Waals surface area contributed by atoms with E-state index in [1.165, 1.54) is 24.5 Å². The Labute approximate surface area is 98.1 Å². The highest BCUT2D eigenvalue weighted by Crippen LogP contribution is 2.04. The number of amides is 1. The van der Waals surface area contributed by atoms with Crippen molar-refractivity contribution in [2.24, 2.45) is 0 Å². The van der Waals surface area contributed by atoms with Gasteiger partial charge in [0.25, 0.3) is 0 Å². The number of nitrogens with zero attached hydrogens (tertiary/aromatic N) is 2. The molecular weight excluding hydrogens is 228 g/mol. The van der Waals surface area contributed by atoms with Gasteiger partial charge in [0.2, 0.25) is 0 Å². The van der Waals surface area contributed by atoms with E-state index < -0.39 is 5.91 Å². The van der Waals surface area contributed by atoms with Crippen LogP contribution < -0.4 is 0 Å². The van der Waals surface area contributed by atoms with Gasteiger partial charge >= 0.3 is 5.91 Å². The molecule has 17 heavy (non-hydrogen) atoms. The van der Waals surface area contributed by atoms with Crippen LogP contribution in [0.1, 0.15) is 10.4 Å². The van der Waals surface area contributed by atoms with Crippen LogP contribution in [-0.2, 0) is 9.68 Å². The number of rotatable bonds is 7. The first kappa shape index (κ1) is 13.5. The van der Waals surface area contributed by atoms with E-state index in [9.17, 15) is 4.79 Å². The average molecular weight is 242 g/mol. The van der Waals surface area contributed by atoms with Crippen LogP contribution in [0.25, 0.3) is 0 Å². The third-order valence-electron chi connectivity index (χ3n) is 1.69. The molecule has 1 aromatic heterocycles. The maximum absolute atomic E-state index is 11.8. The molecule has 1 heterocycles. The van der Waals surface area contributed by atoms with E-state index in [1.807, 2.05) is 0 Å². The van der Waals surface area contributed by atoms with E-state index in [-0.39, 0.29) is 26.4 Å². The number of carbonyl (C=O) groups excluding carboxylic acids is 1. The average Bonchev–Trinajstić information content (AvgIpc) is 2.39. The first-order chi connectivity index (χ1) is 8.29. The zero-order valence-electron chi connectivity index (χ0n) is 9.15. The summed E-state index contributed by atoms with van der Waals surface area (Å²) in [6, 6.07) is 3.00. The van der Waals surface area contributed by atoms with Gasteiger partial charge in [-0.25, -0.2) is 9.68 Å². The quantitative estimate of drug-likeness (QED) is 0.619. The second-order valence-corrected chi connectivity index (χ2v) is 2.91. The summed E-state index contributed by atoms with van der Waals surface area (Å²) < 4.78 is 0. The lowest BCUT2D eigenvalue weighted by Gasteiger charge is -2.19. The lowest BCUT2D eigenvalue weighted by molar-refractivity contribution is -0.331. The van der Waals surface area contributed by atoms with Crippen molar-refractivity contribution < 1.29 is 24.7 Å². The molecule has 7 heteroatoms. The van der Waals surface area contributed by atoms with Crippen molar-refractivity contribution in [1.29, 1.82) is 0 Å². The molecule has 0 radical (unpaired) electrons. The molecule has 2 N–H and O–H groups in total. The molecule has 0 fully saturated rings. The van der Waals surface area contributed by atoms with Crippen molar-refractivity contribution in [2.75, 3.05) is 26.4 Å². The summed E-state index contributed by atoms with van der Waals surface area (Å²) in [6.07, 6.45) is 2.92. The molecule has 94 valence electrons. The van der Waals surface area contributed by atoms with Crippen LogP contribution in [0.4, 0.5) is 0 Å². The molecule has 0 saturated heterocycles. The first-order valence-electron chi connectivity index (χ1n) is 5.01. The zero-order valence-corrected chi connectivity index (χ0v) is 9.15. The highest BCUT2D eigenvalue weighted by Gasteiger charge is 2.17. The molecule has 1 aromatic rings. The molecule has 0 saturated carbocycles. The molecule has 0 aliphatic rings. The van der Waals surface area contributed by atoms with Crippen molar-refractivity contribution in [1.82, 2.24) is 10.2 Å². The standard InChI is InChI=1S/C10H14N2O5/c13-5-7-16-12(17-8-6-14)10(15)9-1-3-11-4-2-9/h1-4,13-14H,5-8H2. The van der Waals surface area contributed by atoms with Crippen LogP contribution in [0.15, 0.2) is 24.5 Å². The molecule has 0 bridgehead atoms. The Morgan fingerprint density at radius 1 is 1.18 bits per heavy atom. The van der Waals surface area contributed by atoms with Gasteiger partial charge in [-0.1, -0.05) is 5.23 Å². The summed E-state index contributed by atoms with van der Waals surface area (Å²) in [7, 11) is 0. The topological polar surface area (TPSA) is 92.1 Å². The van der Waals surface area contributed by atoms with Crippen molar-refractivity contribution in [3.63, 3.8) is 0 Å². The number of carbonyl (C=O) groups is 1. The van der Waals surface area contributed by atoms with E-state index >= 15 is 0 Å². The van der Waals surface area contributed by atoms with Crippen molar-refractivity contribution in [3.05, 3.63) is 30.1 Å². The van der Waals surface area contributed by atoms with Gasteiger partial charge in [0.1, 0.15) is 13.2 Å². The van der Waals surface area contributed by atoms with Crippen LogP contribution in [0, 0.1) is 0 Å². The van der Waals surface area contributed by atoms with Gasteiger partial charge in [-0.05, 0) is 12.1 Å². The minimum atomic E-state index is -0.533. The van der Waals surface area contributed by atoms with Gasteiger partial charge in [0.05, 0.1) is 13.2 Å². The van der Waals surface area contributed by atoms with Gasteiger partial charge in [0, 0.05) is 18.0 Å². The number of hydrogen-bond acceptors (Lipinski definition) is 6. The maximum atomic E-state index is 11.8. The number of aromatic nitrogens is 1. The number of hydrogen-bond donors (Lipinski definition) is 2. The van der Waals surface area contributed by atoms with E-state index in [0.717, 1.165) is 0 Å². The lowest BCUT2D eigenvalue weighted by Crippen LogP contribution is -2.33. The summed E-state index contributed by atoms with van der Waals surface area (Å²) in [5, 5.41) is 17.9. The number of aliphatic hydroxyl groups excluding tert-OH is 2. The van der Waals surface area contributed by atoms with Crippen molar-refractivity contribution in [3.8, 4) is 0 Å². The number of hydroxylamine groups is 2. The largest absolute Gasteiger partial charge is 0.394 e. The third-order valence-corrected chi connectivity index (χ3v) is 1.69. The predicted octanol–water partition coefficient (Wildman–Crippen LogP) is -0.628. The predicted molar refractivity (Wildman–Crippen MR) is 56.5 cm³/mol. The smallest absolute Gasteiger partial charge is 0.304 e. The van der Waals surface area contributed by atoms with E-state index in [1.54, 1.807) is 0 Å². The second kappa shape index (κ2) is 7.69. The highest BCUT2D eigenvalue weighted by atomic mass is 17.0. The fourth-order valence-corrected chi connectivity index (χ4v) is 1.00. The Bertz CT molecular complexity index is 325. The minimum absolute atomic E-state index is 0.0811. The van der Waals surface area contributed by atoms with Crippen LogP contribution in [0.3, 0.4) is 0 Å². The monoisotopic (exact) mass is 242 g/mol. The van der Waals surface area contributed by atoms with Gasteiger partial charge < -0.3 is 10.2 Å². The lowest BCUT2D eigenvalue weighted by atomic mass is 10.3. The summed E-state index contributed by atoms with van der Waals surface area (Å²) >= 11 is 0. The van der Waals surface area contributed by atoms with Gasteiger partial charge in [-0.15, -0.1) is 0 Å². The molecule has 0 unspecified atom stereocenters. The van der Waals surface area contributed by atoms with Gasteiger partial charge in [-0.3, -0.25) is 9.78 Å². The van der Waals surface area contributed by atoms with Crippen LogP contribution in [-0.4, -0.2) is 52.8 Å². The minimum Gasteiger partial charge on any atom is -0.394 e. The van der Waals surface area contributed by atoms with E-state index in [4.69, 9.17) is 19.9 Å². The molecule has 1 rings (SSSR count). The second-order valence-electron chi connectivity index (χ2n) is 2.91.